The highest BCUT2D eigenvalue weighted by atomic mass is 19.1. The largest absolute Gasteiger partial charge is 0.396 e. The lowest BCUT2D eigenvalue weighted by molar-refractivity contribution is 0.0568. The van der Waals surface area contributed by atoms with Crippen molar-refractivity contribution in [3.63, 3.8) is 0 Å². The average Bonchev–Trinajstić information content (AvgIpc) is 3.06. The highest BCUT2D eigenvalue weighted by molar-refractivity contribution is 5.93. The number of nitrogens with one attached hydrogen (secondary N) is 1. The van der Waals surface area contributed by atoms with E-state index in [1.807, 2.05) is 4.90 Å². The lowest BCUT2D eigenvalue weighted by atomic mass is 9.99. The van der Waals surface area contributed by atoms with Gasteiger partial charge in [0.25, 0.3) is 5.91 Å². The molecule has 1 atom stereocenters. The van der Waals surface area contributed by atoms with Crippen LogP contribution in [0.15, 0.2) is 30.3 Å². The summed E-state index contributed by atoms with van der Waals surface area (Å²) in [7, 11) is 0. The number of rotatable bonds is 4. The first kappa shape index (κ1) is 15.7. The van der Waals surface area contributed by atoms with Crippen LogP contribution in [-0.4, -0.2) is 45.3 Å². The highest BCUT2D eigenvalue weighted by Crippen LogP contribution is 2.23. The molecule has 1 aliphatic rings. The number of benzene rings is 1. The van der Waals surface area contributed by atoms with Crippen LogP contribution in [-0.2, 0) is 0 Å². The van der Waals surface area contributed by atoms with Gasteiger partial charge in [-0.2, -0.15) is 5.10 Å². The molecule has 1 aromatic heterocycles. The van der Waals surface area contributed by atoms with Gasteiger partial charge >= 0.3 is 0 Å². The summed E-state index contributed by atoms with van der Waals surface area (Å²) in [6, 6.07) is 7.78. The van der Waals surface area contributed by atoms with E-state index in [-0.39, 0.29) is 24.4 Å². The molecular weight excluding hydrogens is 297 g/mol. The van der Waals surface area contributed by atoms with Crippen molar-refractivity contribution in [3.05, 3.63) is 41.8 Å². The Balaban J connectivity index is 1.78. The molecule has 1 fully saturated rings. The van der Waals surface area contributed by atoms with E-state index in [2.05, 4.69) is 10.2 Å². The Morgan fingerprint density at radius 1 is 1.35 bits per heavy atom. The van der Waals surface area contributed by atoms with E-state index in [9.17, 15) is 14.3 Å². The van der Waals surface area contributed by atoms with Gasteiger partial charge in [0.1, 0.15) is 11.5 Å². The van der Waals surface area contributed by atoms with Crippen molar-refractivity contribution in [2.75, 3.05) is 13.2 Å². The fraction of sp³-hybridized carbons (Fsp3) is 0.412. The molecule has 1 unspecified atom stereocenters. The second kappa shape index (κ2) is 6.91. The molecule has 2 N–H and O–H groups in total. The summed E-state index contributed by atoms with van der Waals surface area (Å²) in [6.45, 7) is 0.784. The van der Waals surface area contributed by atoms with Crippen molar-refractivity contribution in [1.29, 1.82) is 0 Å². The zero-order valence-corrected chi connectivity index (χ0v) is 12.8. The fourth-order valence-corrected chi connectivity index (χ4v) is 3.07. The van der Waals surface area contributed by atoms with Crippen molar-refractivity contribution in [2.24, 2.45) is 0 Å². The number of nitrogens with zero attached hydrogens (tertiary/aromatic N) is 2. The Kier molecular flexibility index (Phi) is 4.71. The predicted molar refractivity (Wildman–Crippen MR) is 84.4 cm³/mol. The van der Waals surface area contributed by atoms with Gasteiger partial charge < -0.3 is 10.0 Å². The van der Waals surface area contributed by atoms with Crippen molar-refractivity contribution in [1.82, 2.24) is 15.1 Å². The third-order valence-corrected chi connectivity index (χ3v) is 4.30. The Morgan fingerprint density at radius 2 is 2.13 bits per heavy atom. The number of piperidine rings is 1. The first-order valence-corrected chi connectivity index (χ1v) is 7.92. The maximum Gasteiger partial charge on any atom is 0.272 e. The van der Waals surface area contributed by atoms with Crippen LogP contribution in [0.3, 0.4) is 0 Å². The molecule has 5 nitrogen and oxygen atoms in total. The number of carbonyl (C=O) groups is 1. The Labute approximate surface area is 134 Å². The number of hydrogen-bond donors (Lipinski definition) is 2. The molecule has 0 saturated carbocycles. The lowest BCUT2D eigenvalue weighted by Gasteiger charge is -2.35. The first-order chi connectivity index (χ1) is 11.2. The van der Waals surface area contributed by atoms with Crippen molar-refractivity contribution < 1.29 is 14.3 Å². The standard InChI is InChI=1S/C17H20FN3O2/c18-13-6-4-12(5-7-13)15-11-16(20-19-15)17(23)21-9-2-1-3-14(21)8-10-22/h4-7,11,14,22H,1-3,8-10H2,(H,19,20). The minimum atomic E-state index is -0.305. The van der Waals surface area contributed by atoms with Crippen LogP contribution in [0.4, 0.5) is 4.39 Å². The summed E-state index contributed by atoms with van der Waals surface area (Å²) in [6.07, 6.45) is 3.58. The second-order valence-electron chi connectivity index (χ2n) is 5.83. The van der Waals surface area contributed by atoms with E-state index in [1.165, 1.54) is 12.1 Å². The van der Waals surface area contributed by atoms with Crippen LogP contribution in [0, 0.1) is 5.82 Å². The number of likely N-dealkylation sites (tertiary alicyclic amines) is 1. The van der Waals surface area contributed by atoms with E-state index in [0.29, 0.717) is 24.4 Å². The molecule has 0 radical (unpaired) electrons. The quantitative estimate of drug-likeness (QED) is 0.910. The van der Waals surface area contributed by atoms with E-state index in [4.69, 9.17) is 0 Å². The second-order valence-corrected chi connectivity index (χ2v) is 5.83. The number of aliphatic hydroxyl groups excluding tert-OH is 1. The smallest absolute Gasteiger partial charge is 0.272 e. The maximum atomic E-state index is 13.0. The van der Waals surface area contributed by atoms with Gasteiger partial charge in [-0.3, -0.25) is 9.89 Å². The van der Waals surface area contributed by atoms with Gasteiger partial charge in [-0.25, -0.2) is 4.39 Å². The third kappa shape index (κ3) is 3.42. The monoisotopic (exact) mass is 317 g/mol. The van der Waals surface area contributed by atoms with E-state index < -0.39 is 0 Å². The SMILES string of the molecule is O=C(c1cc(-c2ccc(F)cc2)n[nH]1)N1CCCCC1CCO. The van der Waals surface area contributed by atoms with E-state index in [1.54, 1.807) is 18.2 Å². The van der Waals surface area contributed by atoms with Gasteiger partial charge in [-0.15, -0.1) is 0 Å². The zero-order chi connectivity index (χ0) is 16.2. The van der Waals surface area contributed by atoms with Gasteiger partial charge in [-0.05, 0) is 56.0 Å². The summed E-state index contributed by atoms with van der Waals surface area (Å²) in [5.74, 6) is -0.398. The van der Waals surface area contributed by atoms with Crippen molar-refractivity contribution in [3.8, 4) is 11.3 Å². The summed E-state index contributed by atoms with van der Waals surface area (Å²) in [4.78, 5) is 14.5. The van der Waals surface area contributed by atoms with Crippen LogP contribution in [0.25, 0.3) is 11.3 Å². The van der Waals surface area contributed by atoms with Gasteiger partial charge in [-0.1, -0.05) is 0 Å². The Hall–Kier alpha value is -2.21. The van der Waals surface area contributed by atoms with Gasteiger partial charge in [0, 0.05) is 24.8 Å². The third-order valence-electron chi connectivity index (χ3n) is 4.30. The predicted octanol–water partition coefficient (Wildman–Crippen LogP) is 2.59. The first-order valence-electron chi connectivity index (χ1n) is 7.92. The van der Waals surface area contributed by atoms with Crippen LogP contribution in [0.5, 0.6) is 0 Å². The van der Waals surface area contributed by atoms with Crippen LogP contribution < -0.4 is 0 Å². The summed E-state index contributed by atoms with van der Waals surface area (Å²) < 4.78 is 13.0. The van der Waals surface area contributed by atoms with Crippen molar-refractivity contribution in [2.45, 2.75) is 31.7 Å². The number of halogens is 1. The normalized spacial score (nSPS) is 18.2. The van der Waals surface area contributed by atoms with Crippen LogP contribution in [0.1, 0.15) is 36.2 Å². The zero-order valence-electron chi connectivity index (χ0n) is 12.8. The molecular formula is C17H20FN3O2. The summed E-state index contributed by atoms with van der Waals surface area (Å²) >= 11 is 0. The molecule has 2 aromatic rings. The lowest BCUT2D eigenvalue weighted by Crippen LogP contribution is -2.44. The highest BCUT2D eigenvalue weighted by Gasteiger charge is 2.28. The summed E-state index contributed by atoms with van der Waals surface area (Å²) in [5, 5.41) is 16.1. The number of aromatic nitrogens is 2. The number of H-pyrrole nitrogens is 1. The number of amides is 1. The molecule has 0 aliphatic carbocycles. The minimum Gasteiger partial charge on any atom is -0.396 e. The molecule has 1 amide bonds. The number of aliphatic hydroxyl groups is 1. The molecule has 3 rings (SSSR count). The minimum absolute atomic E-state index is 0.0816. The van der Waals surface area contributed by atoms with E-state index in [0.717, 1.165) is 24.8 Å². The fourth-order valence-electron chi connectivity index (χ4n) is 3.07. The van der Waals surface area contributed by atoms with Gasteiger partial charge in [0.2, 0.25) is 0 Å². The summed E-state index contributed by atoms with van der Waals surface area (Å²) in [5.41, 5.74) is 1.80. The molecule has 1 aromatic carbocycles. The van der Waals surface area contributed by atoms with Gasteiger partial charge in [0.05, 0.1) is 5.69 Å². The number of carbonyl (C=O) groups excluding carboxylic acids is 1. The topological polar surface area (TPSA) is 69.2 Å². The average molecular weight is 317 g/mol. The van der Waals surface area contributed by atoms with Gasteiger partial charge in [0.15, 0.2) is 0 Å². The number of hydrogen-bond acceptors (Lipinski definition) is 3. The van der Waals surface area contributed by atoms with E-state index >= 15 is 0 Å². The molecule has 0 bridgehead atoms. The van der Waals surface area contributed by atoms with Crippen LogP contribution in [0.2, 0.25) is 0 Å². The molecule has 122 valence electrons. The molecule has 1 aliphatic heterocycles. The Morgan fingerprint density at radius 3 is 2.87 bits per heavy atom. The van der Waals surface area contributed by atoms with Crippen molar-refractivity contribution >= 4 is 5.91 Å². The molecule has 6 heteroatoms. The molecule has 23 heavy (non-hydrogen) atoms. The maximum absolute atomic E-state index is 13.0. The molecule has 1 saturated heterocycles. The molecule has 0 spiro atoms. The Bertz CT molecular complexity index is 667. The number of aromatic amines is 1. The van der Waals surface area contributed by atoms with Crippen LogP contribution >= 0.6 is 0 Å². The molecule has 2 heterocycles.